The molecular formula is C12H16F3N3O. The highest BCUT2D eigenvalue weighted by atomic mass is 19.4. The van der Waals surface area contributed by atoms with Gasteiger partial charge in [-0.25, -0.2) is 4.79 Å². The van der Waals surface area contributed by atoms with Crippen molar-refractivity contribution >= 4 is 17.4 Å². The van der Waals surface area contributed by atoms with Crippen molar-refractivity contribution in [3.63, 3.8) is 0 Å². The second kappa shape index (κ2) is 4.99. The molecule has 0 aliphatic heterocycles. The molecule has 0 aliphatic rings. The molecule has 0 heterocycles. The fourth-order valence-electron chi connectivity index (χ4n) is 1.40. The van der Waals surface area contributed by atoms with E-state index in [-0.39, 0.29) is 11.4 Å². The summed E-state index contributed by atoms with van der Waals surface area (Å²) in [6, 6.07) is 2.50. The summed E-state index contributed by atoms with van der Waals surface area (Å²) in [5.41, 5.74) is 3.46. The van der Waals surface area contributed by atoms with Crippen LogP contribution in [0.2, 0.25) is 0 Å². The molecule has 0 spiro atoms. The van der Waals surface area contributed by atoms with Crippen LogP contribution in [-0.2, 0) is 6.18 Å². The van der Waals surface area contributed by atoms with Crippen LogP contribution in [0.3, 0.4) is 0 Å². The van der Waals surface area contributed by atoms with Gasteiger partial charge in [0, 0.05) is 11.2 Å². The molecule has 4 N–H and O–H groups in total. The van der Waals surface area contributed by atoms with Crippen molar-refractivity contribution in [2.24, 2.45) is 0 Å². The van der Waals surface area contributed by atoms with Gasteiger partial charge in [-0.1, -0.05) is 0 Å². The van der Waals surface area contributed by atoms with E-state index < -0.39 is 23.3 Å². The van der Waals surface area contributed by atoms with Crippen LogP contribution in [0, 0.1) is 0 Å². The maximum atomic E-state index is 12.8. The number of anilines is 2. The number of carbonyl (C=O) groups is 1. The van der Waals surface area contributed by atoms with Gasteiger partial charge in [0.05, 0.1) is 11.3 Å². The Morgan fingerprint density at radius 1 is 1.21 bits per heavy atom. The maximum absolute atomic E-state index is 12.8. The van der Waals surface area contributed by atoms with Gasteiger partial charge < -0.3 is 16.4 Å². The van der Waals surface area contributed by atoms with Crippen molar-refractivity contribution in [3.05, 3.63) is 23.8 Å². The predicted octanol–water partition coefficient (Wildman–Crippen LogP) is 3.21. The number of nitrogens with one attached hydrogen (secondary N) is 2. The molecule has 1 aromatic carbocycles. The first-order valence-electron chi connectivity index (χ1n) is 5.55. The normalized spacial score (nSPS) is 12.1. The number of rotatable bonds is 1. The summed E-state index contributed by atoms with van der Waals surface area (Å²) in [6.07, 6.45) is -4.58. The molecule has 0 radical (unpaired) electrons. The minimum atomic E-state index is -4.58. The van der Waals surface area contributed by atoms with Crippen LogP contribution in [0.25, 0.3) is 0 Å². The van der Waals surface area contributed by atoms with Gasteiger partial charge in [-0.15, -0.1) is 0 Å². The number of nitrogen functional groups attached to an aromatic ring is 1. The molecule has 4 nitrogen and oxygen atoms in total. The maximum Gasteiger partial charge on any atom is 0.418 e. The van der Waals surface area contributed by atoms with Gasteiger partial charge in [-0.05, 0) is 39.0 Å². The van der Waals surface area contributed by atoms with Gasteiger partial charge in [-0.2, -0.15) is 13.2 Å². The highest BCUT2D eigenvalue weighted by Gasteiger charge is 2.34. The first kappa shape index (κ1) is 15.1. The van der Waals surface area contributed by atoms with Gasteiger partial charge in [0.1, 0.15) is 0 Å². The first-order valence-corrected chi connectivity index (χ1v) is 5.55. The van der Waals surface area contributed by atoms with Crippen molar-refractivity contribution in [2.45, 2.75) is 32.5 Å². The molecule has 0 bridgehead atoms. The fraction of sp³-hybridized carbons (Fsp3) is 0.417. The second-order valence-electron chi connectivity index (χ2n) is 5.13. The zero-order chi connectivity index (χ0) is 14.8. The molecule has 1 aromatic rings. The number of alkyl halides is 3. The van der Waals surface area contributed by atoms with E-state index in [0.29, 0.717) is 0 Å². The zero-order valence-corrected chi connectivity index (χ0v) is 10.9. The Hall–Kier alpha value is -1.92. The van der Waals surface area contributed by atoms with Crippen molar-refractivity contribution in [3.8, 4) is 0 Å². The molecule has 0 aromatic heterocycles. The Bertz CT molecular complexity index is 478. The van der Waals surface area contributed by atoms with Crippen molar-refractivity contribution < 1.29 is 18.0 Å². The van der Waals surface area contributed by atoms with E-state index in [9.17, 15) is 18.0 Å². The second-order valence-corrected chi connectivity index (χ2v) is 5.13. The molecule has 0 saturated heterocycles. The summed E-state index contributed by atoms with van der Waals surface area (Å²) in [4.78, 5) is 11.6. The lowest BCUT2D eigenvalue weighted by molar-refractivity contribution is -0.136. The van der Waals surface area contributed by atoms with Gasteiger partial charge in [0.15, 0.2) is 0 Å². The summed E-state index contributed by atoms with van der Waals surface area (Å²) >= 11 is 0. The molecule has 0 fully saturated rings. The van der Waals surface area contributed by atoms with E-state index in [2.05, 4.69) is 10.6 Å². The number of benzene rings is 1. The lowest BCUT2D eigenvalue weighted by atomic mass is 10.1. The molecule has 1 rings (SSSR count). The SMILES string of the molecule is CC(C)(C)NC(=O)Nc1ccc(N)cc1C(F)(F)F. The number of nitrogens with two attached hydrogens (primary N) is 1. The smallest absolute Gasteiger partial charge is 0.399 e. The van der Waals surface area contributed by atoms with Crippen LogP contribution in [0.5, 0.6) is 0 Å². The molecule has 2 amide bonds. The molecule has 7 heteroatoms. The average Bonchev–Trinajstić information content (AvgIpc) is 2.16. The lowest BCUT2D eigenvalue weighted by Crippen LogP contribution is -2.43. The average molecular weight is 275 g/mol. The zero-order valence-electron chi connectivity index (χ0n) is 10.9. The number of halogens is 3. The Balaban J connectivity index is 2.99. The largest absolute Gasteiger partial charge is 0.418 e. The Morgan fingerprint density at radius 2 is 1.79 bits per heavy atom. The monoisotopic (exact) mass is 275 g/mol. The van der Waals surface area contributed by atoms with Gasteiger partial charge in [-0.3, -0.25) is 0 Å². The highest BCUT2D eigenvalue weighted by Crippen LogP contribution is 2.36. The van der Waals surface area contributed by atoms with E-state index in [1.807, 2.05) is 0 Å². The van der Waals surface area contributed by atoms with Crippen LogP contribution in [0.1, 0.15) is 26.3 Å². The van der Waals surface area contributed by atoms with Crippen molar-refractivity contribution in [1.29, 1.82) is 0 Å². The topological polar surface area (TPSA) is 67.2 Å². The van der Waals surface area contributed by atoms with Crippen molar-refractivity contribution in [1.82, 2.24) is 5.32 Å². The lowest BCUT2D eigenvalue weighted by Gasteiger charge is -2.22. The van der Waals surface area contributed by atoms with Gasteiger partial charge in [0.25, 0.3) is 0 Å². The molecule has 19 heavy (non-hydrogen) atoms. The third-order valence-corrected chi connectivity index (χ3v) is 2.09. The standard InChI is InChI=1S/C12H16F3N3O/c1-11(2,3)18-10(19)17-9-5-4-7(16)6-8(9)12(13,14)15/h4-6H,16H2,1-3H3,(H2,17,18,19). The molecule has 0 aliphatic carbocycles. The summed E-state index contributed by atoms with van der Waals surface area (Å²) in [6.45, 7) is 5.17. The number of amides is 2. The van der Waals surface area contributed by atoms with Crippen LogP contribution >= 0.6 is 0 Å². The van der Waals surface area contributed by atoms with E-state index in [0.717, 1.165) is 12.1 Å². The summed E-state index contributed by atoms with van der Waals surface area (Å²) in [7, 11) is 0. The van der Waals surface area contributed by atoms with E-state index in [4.69, 9.17) is 5.73 Å². The molecule has 0 atom stereocenters. The predicted molar refractivity (Wildman–Crippen MR) is 67.8 cm³/mol. The van der Waals surface area contributed by atoms with Crippen LogP contribution in [-0.4, -0.2) is 11.6 Å². The fourth-order valence-corrected chi connectivity index (χ4v) is 1.40. The molecule has 0 saturated carbocycles. The third kappa shape index (κ3) is 4.69. The first-order chi connectivity index (χ1) is 8.49. The van der Waals surface area contributed by atoms with E-state index >= 15 is 0 Å². The Morgan fingerprint density at radius 3 is 2.26 bits per heavy atom. The Labute approximate surface area is 109 Å². The molecule has 0 unspecified atom stereocenters. The van der Waals surface area contributed by atoms with E-state index in [1.54, 1.807) is 20.8 Å². The van der Waals surface area contributed by atoms with Crippen LogP contribution in [0.4, 0.5) is 29.3 Å². The minimum absolute atomic E-state index is 0.0193. The molecular weight excluding hydrogens is 259 g/mol. The number of urea groups is 1. The van der Waals surface area contributed by atoms with Crippen LogP contribution < -0.4 is 16.4 Å². The highest BCUT2D eigenvalue weighted by molar-refractivity contribution is 5.91. The summed E-state index contributed by atoms with van der Waals surface area (Å²) in [5.74, 6) is 0. The number of hydrogen-bond donors (Lipinski definition) is 3. The number of carbonyl (C=O) groups excluding carboxylic acids is 1. The van der Waals surface area contributed by atoms with Crippen LogP contribution in [0.15, 0.2) is 18.2 Å². The van der Waals surface area contributed by atoms with E-state index in [1.165, 1.54) is 6.07 Å². The van der Waals surface area contributed by atoms with Crippen molar-refractivity contribution in [2.75, 3.05) is 11.1 Å². The third-order valence-electron chi connectivity index (χ3n) is 2.09. The molecule has 106 valence electrons. The quantitative estimate of drug-likeness (QED) is 0.689. The van der Waals surface area contributed by atoms with Gasteiger partial charge in [0.2, 0.25) is 0 Å². The summed E-state index contributed by atoms with van der Waals surface area (Å²) in [5, 5.41) is 4.69. The Kier molecular flexibility index (Phi) is 3.97. The summed E-state index contributed by atoms with van der Waals surface area (Å²) < 4.78 is 38.4. The number of hydrogen-bond acceptors (Lipinski definition) is 2. The minimum Gasteiger partial charge on any atom is -0.399 e. The van der Waals surface area contributed by atoms with Gasteiger partial charge >= 0.3 is 12.2 Å².